The van der Waals surface area contributed by atoms with Crippen LogP contribution in [0.3, 0.4) is 0 Å². The van der Waals surface area contributed by atoms with Crippen LogP contribution in [0, 0.1) is 6.92 Å². The van der Waals surface area contributed by atoms with E-state index in [1.165, 1.54) is 10.8 Å². The Morgan fingerprint density at radius 1 is 1.33 bits per heavy atom. The highest BCUT2D eigenvalue weighted by atomic mass is 28.4. The molecule has 2 heterocycles. The average Bonchev–Trinajstić information content (AvgIpc) is 2.92. The van der Waals surface area contributed by atoms with Gasteiger partial charge in [-0.25, -0.2) is 4.79 Å². The Morgan fingerprint density at radius 3 is 2.59 bits per heavy atom. The fourth-order valence-corrected chi connectivity index (χ4v) is 4.11. The molecule has 1 aromatic rings. The van der Waals surface area contributed by atoms with Gasteiger partial charge < -0.3 is 18.6 Å². The summed E-state index contributed by atoms with van der Waals surface area (Å²) in [6.07, 6.45) is 1.01. The summed E-state index contributed by atoms with van der Waals surface area (Å²) in [6, 6.07) is 0. The van der Waals surface area contributed by atoms with Crippen LogP contribution in [0.1, 0.15) is 39.0 Å². The molecule has 3 atom stereocenters. The Hall–Kier alpha value is -1.26. The van der Waals surface area contributed by atoms with Crippen LogP contribution in [0.5, 0.6) is 0 Å². The molecule has 1 aliphatic rings. The molecule has 0 aliphatic carbocycles. The van der Waals surface area contributed by atoms with Gasteiger partial charge in [-0.05, 0) is 25.1 Å². The maximum Gasteiger partial charge on any atom is 0.330 e. The van der Waals surface area contributed by atoms with E-state index < -0.39 is 20.2 Å². The molecule has 2 rings (SSSR count). The summed E-state index contributed by atoms with van der Waals surface area (Å²) in [5, 5.41) is 0.0500. The predicted octanol–water partition coefficient (Wildman–Crippen LogP) is 2.14. The lowest BCUT2D eigenvalue weighted by Gasteiger charge is -2.39. The molecule has 1 fully saturated rings. The molecule has 0 bridgehead atoms. The number of nitrogens with zero attached hydrogens (tertiary/aromatic N) is 1. The van der Waals surface area contributed by atoms with Gasteiger partial charge in [-0.1, -0.05) is 20.8 Å². The Balaban J connectivity index is 2.25. The van der Waals surface area contributed by atoms with Crippen molar-refractivity contribution in [1.29, 1.82) is 0 Å². The summed E-state index contributed by atoms with van der Waals surface area (Å²) in [6.45, 7) is 13.0. The van der Waals surface area contributed by atoms with Crippen molar-refractivity contribution in [2.75, 3.05) is 20.5 Å². The number of methoxy groups -OCH3 is 1. The summed E-state index contributed by atoms with van der Waals surface area (Å²) in [5.41, 5.74) is -0.414. The average molecular weight is 401 g/mol. The topological polar surface area (TPSA) is 91.8 Å². The second-order valence-corrected chi connectivity index (χ2v) is 13.3. The van der Waals surface area contributed by atoms with Crippen molar-refractivity contribution in [3.05, 3.63) is 32.6 Å². The molecule has 9 heteroatoms. The van der Waals surface area contributed by atoms with E-state index in [1.807, 2.05) is 0 Å². The Morgan fingerprint density at radius 2 is 2.00 bits per heavy atom. The largest absolute Gasteiger partial charge is 0.411 e. The fraction of sp³-hybridized carbons (Fsp3) is 0.778. The zero-order chi connectivity index (χ0) is 20.4. The zero-order valence-corrected chi connectivity index (χ0v) is 18.3. The zero-order valence-electron chi connectivity index (χ0n) is 17.3. The van der Waals surface area contributed by atoms with Crippen LogP contribution in [-0.2, 0) is 18.6 Å². The molecule has 0 saturated carbocycles. The van der Waals surface area contributed by atoms with Gasteiger partial charge in [0.05, 0.1) is 12.7 Å². The van der Waals surface area contributed by atoms with Crippen LogP contribution in [0.15, 0.2) is 15.8 Å². The smallest absolute Gasteiger partial charge is 0.330 e. The van der Waals surface area contributed by atoms with Gasteiger partial charge in [0, 0.05) is 25.3 Å². The second kappa shape index (κ2) is 8.40. The van der Waals surface area contributed by atoms with Gasteiger partial charge in [0.15, 0.2) is 8.32 Å². The molecule has 0 spiro atoms. The van der Waals surface area contributed by atoms with Gasteiger partial charge in [0.1, 0.15) is 19.1 Å². The minimum Gasteiger partial charge on any atom is -0.411 e. The van der Waals surface area contributed by atoms with Crippen molar-refractivity contribution in [1.82, 2.24) is 9.55 Å². The van der Waals surface area contributed by atoms with E-state index in [1.54, 1.807) is 14.0 Å². The van der Waals surface area contributed by atoms with Crippen molar-refractivity contribution in [3.63, 3.8) is 0 Å². The first-order valence-corrected chi connectivity index (χ1v) is 12.1. The van der Waals surface area contributed by atoms with Gasteiger partial charge in [0.2, 0.25) is 0 Å². The van der Waals surface area contributed by atoms with Crippen molar-refractivity contribution in [2.45, 2.75) is 70.7 Å². The Bertz CT molecular complexity index is 751. The molecule has 0 amide bonds. The highest BCUT2D eigenvalue weighted by Gasteiger charge is 2.45. The highest BCUT2D eigenvalue weighted by molar-refractivity contribution is 6.74. The lowest BCUT2D eigenvalue weighted by Crippen LogP contribution is -2.46. The maximum atomic E-state index is 12.2. The fourth-order valence-electron chi connectivity index (χ4n) is 2.75. The van der Waals surface area contributed by atoms with E-state index in [0.29, 0.717) is 18.6 Å². The van der Waals surface area contributed by atoms with Gasteiger partial charge in [-0.2, -0.15) is 0 Å². The van der Waals surface area contributed by atoms with Crippen LogP contribution < -0.4 is 11.2 Å². The normalized spacial score (nSPS) is 23.7. The molecule has 8 nitrogen and oxygen atoms in total. The van der Waals surface area contributed by atoms with E-state index >= 15 is 0 Å². The number of aromatic nitrogens is 2. The van der Waals surface area contributed by atoms with Crippen molar-refractivity contribution in [2.24, 2.45) is 0 Å². The van der Waals surface area contributed by atoms with E-state index in [4.69, 9.17) is 18.6 Å². The molecule has 0 aromatic carbocycles. The lowest BCUT2D eigenvalue weighted by atomic mass is 10.2. The van der Waals surface area contributed by atoms with Crippen LogP contribution in [-0.4, -0.2) is 50.6 Å². The first-order valence-electron chi connectivity index (χ1n) is 9.18. The SMILES string of the molecule is COCOC[C@H]1O[C@@H](n2cc(C)c(=O)[nH]c2=O)CC1O[Si](C)(C)C(C)(C)C. The summed E-state index contributed by atoms with van der Waals surface area (Å²) >= 11 is 0. The van der Waals surface area contributed by atoms with Crippen LogP contribution >= 0.6 is 0 Å². The molecule has 1 aliphatic heterocycles. The molecule has 1 unspecified atom stereocenters. The molecule has 154 valence electrons. The van der Waals surface area contributed by atoms with Gasteiger partial charge >= 0.3 is 5.69 Å². The third-order valence-corrected chi connectivity index (χ3v) is 9.88. The first kappa shape index (κ1) is 22.0. The van der Waals surface area contributed by atoms with E-state index in [2.05, 4.69) is 38.8 Å². The minimum atomic E-state index is -2.04. The van der Waals surface area contributed by atoms with Crippen LogP contribution in [0.4, 0.5) is 0 Å². The predicted molar refractivity (Wildman–Crippen MR) is 104 cm³/mol. The summed E-state index contributed by atoms with van der Waals surface area (Å²) < 4.78 is 24.5. The summed E-state index contributed by atoms with van der Waals surface area (Å²) in [4.78, 5) is 26.2. The van der Waals surface area contributed by atoms with Crippen molar-refractivity contribution >= 4 is 8.32 Å². The van der Waals surface area contributed by atoms with Gasteiger partial charge in [0.25, 0.3) is 5.56 Å². The number of rotatable bonds is 7. The number of ether oxygens (including phenoxy) is 3. The van der Waals surface area contributed by atoms with Crippen LogP contribution in [0.25, 0.3) is 0 Å². The summed E-state index contributed by atoms with van der Waals surface area (Å²) in [5.74, 6) is 0. The van der Waals surface area contributed by atoms with Crippen molar-refractivity contribution < 1.29 is 18.6 Å². The van der Waals surface area contributed by atoms with Gasteiger partial charge in [-0.15, -0.1) is 0 Å². The van der Waals surface area contributed by atoms with Gasteiger partial charge in [-0.3, -0.25) is 14.3 Å². The number of aromatic amines is 1. The lowest BCUT2D eigenvalue weighted by molar-refractivity contribution is -0.100. The summed E-state index contributed by atoms with van der Waals surface area (Å²) in [7, 11) is -0.475. The molecule has 0 radical (unpaired) electrons. The molecular weight excluding hydrogens is 368 g/mol. The van der Waals surface area contributed by atoms with E-state index in [9.17, 15) is 9.59 Å². The second-order valence-electron chi connectivity index (χ2n) is 8.54. The Labute approximate surface area is 160 Å². The first-order chi connectivity index (χ1) is 12.5. The van der Waals surface area contributed by atoms with E-state index in [-0.39, 0.29) is 29.6 Å². The maximum absolute atomic E-state index is 12.2. The standard InChI is InChI=1S/C18H32N2O6Si/c1-12-9-20(17(22)19-16(12)21)15-8-13(14(25-15)10-24-11-23-5)26-27(6,7)18(2,3)4/h9,13-15H,8,10-11H2,1-7H3,(H,19,21,22)/t13?,14-,15-/m1/s1. The number of H-pyrrole nitrogens is 1. The third-order valence-electron chi connectivity index (χ3n) is 5.37. The molecule has 1 N–H and O–H groups in total. The van der Waals surface area contributed by atoms with E-state index in [0.717, 1.165) is 0 Å². The molecule has 1 saturated heterocycles. The van der Waals surface area contributed by atoms with Crippen LogP contribution in [0.2, 0.25) is 18.1 Å². The van der Waals surface area contributed by atoms with Crippen molar-refractivity contribution in [3.8, 4) is 0 Å². The monoisotopic (exact) mass is 400 g/mol. The molecule has 1 aromatic heterocycles. The highest BCUT2D eigenvalue weighted by Crippen LogP contribution is 2.40. The number of aryl methyl sites for hydroxylation is 1. The third kappa shape index (κ3) is 5.17. The quantitative estimate of drug-likeness (QED) is 0.428. The number of hydrogen-bond donors (Lipinski definition) is 1. The minimum absolute atomic E-state index is 0.0500. The molecular formula is C18H32N2O6Si. The molecule has 27 heavy (non-hydrogen) atoms. The number of hydrogen-bond acceptors (Lipinski definition) is 6. The number of nitrogens with one attached hydrogen (secondary N) is 1. The Kier molecular flexibility index (Phi) is 6.85.